The maximum absolute atomic E-state index is 5.50. The minimum absolute atomic E-state index is 0.683. The molecule has 1 aromatic heterocycles. The van der Waals surface area contributed by atoms with Crippen molar-refractivity contribution in [1.29, 1.82) is 0 Å². The van der Waals surface area contributed by atoms with E-state index in [0.29, 0.717) is 5.92 Å². The fraction of sp³-hybridized carbons (Fsp3) is 0.750. The van der Waals surface area contributed by atoms with Crippen molar-refractivity contribution < 1.29 is 4.74 Å². The molecule has 1 aromatic rings. The largest absolute Gasteiger partial charge is 0.381 e. The standard InChI is InChI=1S/C12H20N2OS/c13-5-1-4-11-8-14-12(16-11)7-10-3-2-6-15-9-10/h8,10H,1-7,9,13H2. The van der Waals surface area contributed by atoms with Gasteiger partial charge in [0.25, 0.3) is 0 Å². The zero-order chi connectivity index (χ0) is 11.2. The van der Waals surface area contributed by atoms with Gasteiger partial charge in [-0.05, 0) is 38.1 Å². The Hall–Kier alpha value is -0.450. The number of thiazole rings is 1. The Morgan fingerprint density at radius 2 is 2.50 bits per heavy atom. The number of aromatic nitrogens is 1. The van der Waals surface area contributed by atoms with Crippen LogP contribution >= 0.6 is 11.3 Å². The Bertz CT molecular complexity index is 308. The number of hydrogen-bond acceptors (Lipinski definition) is 4. The van der Waals surface area contributed by atoms with Crippen LogP contribution in [0.15, 0.2) is 6.20 Å². The average molecular weight is 240 g/mol. The Labute approximate surface area is 101 Å². The van der Waals surface area contributed by atoms with Crippen molar-refractivity contribution >= 4 is 11.3 Å². The second kappa shape index (κ2) is 6.33. The molecule has 2 N–H and O–H groups in total. The summed E-state index contributed by atoms with van der Waals surface area (Å²) in [4.78, 5) is 5.86. The van der Waals surface area contributed by atoms with Crippen LogP contribution in [0.5, 0.6) is 0 Å². The first-order valence-corrected chi connectivity index (χ1v) is 6.91. The van der Waals surface area contributed by atoms with Crippen molar-refractivity contribution in [1.82, 2.24) is 4.98 Å². The molecule has 0 aliphatic carbocycles. The van der Waals surface area contributed by atoms with Gasteiger partial charge in [0, 0.05) is 30.7 Å². The molecule has 3 nitrogen and oxygen atoms in total. The number of aryl methyl sites for hydroxylation is 1. The minimum Gasteiger partial charge on any atom is -0.381 e. The van der Waals surface area contributed by atoms with E-state index in [-0.39, 0.29) is 0 Å². The molecule has 0 bridgehead atoms. The number of hydrogen-bond donors (Lipinski definition) is 1. The zero-order valence-corrected chi connectivity index (χ0v) is 10.5. The topological polar surface area (TPSA) is 48.1 Å². The van der Waals surface area contributed by atoms with E-state index in [9.17, 15) is 0 Å². The Morgan fingerprint density at radius 3 is 3.25 bits per heavy atom. The SMILES string of the molecule is NCCCc1cnc(CC2CCCOC2)s1. The first kappa shape index (κ1) is 12.0. The summed E-state index contributed by atoms with van der Waals surface area (Å²) >= 11 is 1.84. The van der Waals surface area contributed by atoms with Crippen LogP contribution in [-0.2, 0) is 17.6 Å². The molecular weight excluding hydrogens is 220 g/mol. The summed E-state index contributed by atoms with van der Waals surface area (Å²) in [7, 11) is 0. The van der Waals surface area contributed by atoms with Gasteiger partial charge < -0.3 is 10.5 Å². The van der Waals surface area contributed by atoms with Gasteiger partial charge in [-0.3, -0.25) is 0 Å². The van der Waals surface area contributed by atoms with E-state index in [0.717, 1.165) is 39.0 Å². The molecule has 1 unspecified atom stereocenters. The number of ether oxygens (including phenoxy) is 1. The number of rotatable bonds is 5. The quantitative estimate of drug-likeness (QED) is 0.856. The van der Waals surface area contributed by atoms with E-state index < -0.39 is 0 Å². The monoisotopic (exact) mass is 240 g/mol. The van der Waals surface area contributed by atoms with Crippen LogP contribution < -0.4 is 5.73 Å². The highest BCUT2D eigenvalue weighted by Gasteiger charge is 2.16. The highest BCUT2D eigenvalue weighted by Crippen LogP contribution is 2.22. The molecule has 1 fully saturated rings. The van der Waals surface area contributed by atoms with Gasteiger partial charge in [0.15, 0.2) is 0 Å². The average Bonchev–Trinajstić information content (AvgIpc) is 2.75. The van der Waals surface area contributed by atoms with E-state index >= 15 is 0 Å². The molecule has 16 heavy (non-hydrogen) atoms. The van der Waals surface area contributed by atoms with Gasteiger partial charge in [-0.2, -0.15) is 0 Å². The second-order valence-electron chi connectivity index (χ2n) is 4.40. The molecule has 1 aliphatic heterocycles. The molecule has 2 heterocycles. The van der Waals surface area contributed by atoms with Gasteiger partial charge in [-0.15, -0.1) is 11.3 Å². The first-order valence-electron chi connectivity index (χ1n) is 6.10. The molecule has 0 saturated carbocycles. The van der Waals surface area contributed by atoms with Crippen LogP contribution in [0.25, 0.3) is 0 Å². The molecule has 4 heteroatoms. The van der Waals surface area contributed by atoms with Crippen molar-refractivity contribution in [2.75, 3.05) is 19.8 Å². The van der Waals surface area contributed by atoms with E-state index in [1.807, 2.05) is 17.5 Å². The molecule has 2 rings (SSSR count). The van der Waals surface area contributed by atoms with Crippen molar-refractivity contribution in [2.24, 2.45) is 11.7 Å². The summed E-state index contributed by atoms with van der Waals surface area (Å²) < 4.78 is 5.49. The van der Waals surface area contributed by atoms with Gasteiger partial charge in [0.1, 0.15) is 0 Å². The fourth-order valence-electron chi connectivity index (χ4n) is 2.05. The van der Waals surface area contributed by atoms with Crippen molar-refractivity contribution in [3.8, 4) is 0 Å². The zero-order valence-electron chi connectivity index (χ0n) is 9.65. The molecule has 0 spiro atoms. The van der Waals surface area contributed by atoms with E-state index in [4.69, 9.17) is 10.5 Å². The normalized spacial score (nSPS) is 21.2. The van der Waals surface area contributed by atoms with Crippen LogP contribution in [-0.4, -0.2) is 24.7 Å². The lowest BCUT2D eigenvalue weighted by molar-refractivity contribution is 0.0550. The predicted octanol–water partition coefficient (Wildman–Crippen LogP) is 2.00. The third-order valence-corrected chi connectivity index (χ3v) is 4.03. The van der Waals surface area contributed by atoms with Crippen molar-refractivity contribution in [3.63, 3.8) is 0 Å². The third-order valence-electron chi connectivity index (χ3n) is 2.95. The molecule has 0 radical (unpaired) electrons. The summed E-state index contributed by atoms with van der Waals surface area (Å²) in [6.45, 7) is 2.62. The lowest BCUT2D eigenvalue weighted by atomic mass is 9.99. The third kappa shape index (κ3) is 3.54. The summed E-state index contributed by atoms with van der Waals surface area (Å²) in [6, 6.07) is 0. The van der Waals surface area contributed by atoms with Gasteiger partial charge in [0.05, 0.1) is 5.01 Å². The molecule has 1 atom stereocenters. The highest BCUT2D eigenvalue weighted by atomic mass is 32.1. The molecule has 1 saturated heterocycles. The molecular formula is C12H20N2OS. The van der Waals surface area contributed by atoms with E-state index in [1.165, 1.54) is 22.7 Å². The minimum atomic E-state index is 0.683. The van der Waals surface area contributed by atoms with Crippen LogP contribution in [0.1, 0.15) is 29.1 Å². The number of nitrogens with two attached hydrogens (primary N) is 1. The van der Waals surface area contributed by atoms with Crippen LogP contribution in [0.4, 0.5) is 0 Å². The van der Waals surface area contributed by atoms with Gasteiger partial charge in [-0.25, -0.2) is 4.98 Å². The van der Waals surface area contributed by atoms with E-state index in [1.54, 1.807) is 0 Å². The van der Waals surface area contributed by atoms with Crippen molar-refractivity contribution in [2.45, 2.75) is 32.1 Å². The summed E-state index contributed by atoms with van der Waals surface area (Å²) in [6.07, 6.45) is 7.74. The van der Waals surface area contributed by atoms with Crippen molar-refractivity contribution in [3.05, 3.63) is 16.1 Å². The molecule has 0 aromatic carbocycles. The molecule has 1 aliphatic rings. The lowest BCUT2D eigenvalue weighted by Gasteiger charge is -2.20. The maximum Gasteiger partial charge on any atom is 0.0931 e. The Morgan fingerprint density at radius 1 is 1.56 bits per heavy atom. The second-order valence-corrected chi connectivity index (χ2v) is 5.60. The first-order chi connectivity index (χ1) is 7.88. The lowest BCUT2D eigenvalue weighted by Crippen LogP contribution is -2.19. The van der Waals surface area contributed by atoms with Gasteiger partial charge in [0.2, 0.25) is 0 Å². The Balaban J connectivity index is 1.81. The van der Waals surface area contributed by atoms with Gasteiger partial charge >= 0.3 is 0 Å². The fourth-order valence-corrected chi connectivity index (χ4v) is 3.13. The smallest absolute Gasteiger partial charge is 0.0931 e. The Kier molecular flexibility index (Phi) is 4.75. The summed E-state index contributed by atoms with van der Waals surface area (Å²) in [5.74, 6) is 0.683. The van der Waals surface area contributed by atoms with E-state index in [2.05, 4.69) is 4.98 Å². The van der Waals surface area contributed by atoms with Crippen LogP contribution in [0, 0.1) is 5.92 Å². The molecule has 0 amide bonds. The summed E-state index contributed by atoms with van der Waals surface area (Å²) in [5, 5.41) is 1.27. The molecule has 90 valence electrons. The number of nitrogens with zero attached hydrogens (tertiary/aromatic N) is 1. The van der Waals surface area contributed by atoms with Crippen LogP contribution in [0.2, 0.25) is 0 Å². The van der Waals surface area contributed by atoms with Gasteiger partial charge in [-0.1, -0.05) is 0 Å². The van der Waals surface area contributed by atoms with Crippen LogP contribution in [0.3, 0.4) is 0 Å². The summed E-state index contributed by atoms with van der Waals surface area (Å²) in [5.41, 5.74) is 5.50. The maximum atomic E-state index is 5.50. The highest BCUT2D eigenvalue weighted by molar-refractivity contribution is 7.11. The predicted molar refractivity (Wildman–Crippen MR) is 66.7 cm³/mol.